The molecule has 2 N–H and O–H groups in total. The van der Waals surface area contributed by atoms with E-state index in [2.05, 4.69) is 5.32 Å². The predicted molar refractivity (Wildman–Crippen MR) is 123 cm³/mol. The number of benzene rings is 2. The lowest BCUT2D eigenvalue weighted by atomic mass is 9.91. The van der Waals surface area contributed by atoms with Crippen LogP contribution in [-0.4, -0.2) is 27.6 Å². The van der Waals surface area contributed by atoms with Crippen molar-refractivity contribution in [2.75, 3.05) is 0 Å². The van der Waals surface area contributed by atoms with Crippen molar-refractivity contribution in [1.29, 1.82) is 0 Å². The molecule has 32 heavy (non-hydrogen) atoms. The number of aromatic nitrogens is 1. The number of carboxylic acid groups (broad SMARTS) is 1. The molecule has 3 aromatic rings. The van der Waals surface area contributed by atoms with E-state index in [-0.39, 0.29) is 17.8 Å². The number of carbonyl (C=O) groups excluding carboxylic acids is 1. The topological polar surface area (TPSA) is 71.3 Å². The number of nitrogens with zero attached hydrogens (tertiary/aromatic N) is 1. The second kappa shape index (κ2) is 9.33. The SMILES string of the molecule is CCC(C(=O)O)n1c2c(c3cc(F)ccc31)C[C@@H](NC(=O)CCc1ccc(Cl)cc1)CC2. The van der Waals surface area contributed by atoms with Crippen molar-refractivity contribution in [2.24, 2.45) is 0 Å². The van der Waals surface area contributed by atoms with Gasteiger partial charge in [-0.05, 0) is 73.6 Å². The van der Waals surface area contributed by atoms with E-state index in [0.29, 0.717) is 43.5 Å². The molecule has 1 unspecified atom stereocenters. The molecule has 0 bridgehead atoms. The van der Waals surface area contributed by atoms with Crippen LogP contribution in [0.2, 0.25) is 5.02 Å². The molecule has 2 aromatic carbocycles. The predicted octanol–water partition coefficient (Wildman–Crippen LogP) is 5.08. The number of hydrogen-bond donors (Lipinski definition) is 2. The standard InChI is InChI=1S/C25H26ClFN2O3/c1-2-21(25(31)32)29-22-10-8-17(27)13-19(22)20-14-18(9-11-23(20)29)28-24(30)12-5-15-3-6-16(26)7-4-15/h3-4,6-8,10,13,18,21H,2,5,9,11-12,14H2,1H3,(H,28,30)(H,31,32)/t18-,21?/m0/s1. The molecule has 1 aromatic heterocycles. The molecule has 5 nitrogen and oxygen atoms in total. The number of nitrogens with one attached hydrogen (secondary N) is 1. The summed E-state index contributed by atoms with van der Waals surface area (Å²) >= 11 is 5.91. The summed E-state index contributed by atoms with van der Waals surface area (Å²) in [5.74, 6) is -1.27. The number of carboxylic acids is 1. The molecule has 1 heterocycles. The zero-order valence-electron chi connectivity index (χ0n) is 17.9. The van der Waals surface area contributed by atoms with Gasteiger partial charge < -0.3 is 15.0 Å². The van der Waals surface area contributed by atoms with E-state index < -0.39 is 12.0 Å². The van der Waals surface area contributed by atoms with Gasteiger partial charge in [-0.25, -0.2) is 9.18 Å². The Hall–Kier alpha value is -2.86. The second-order valence-corrected chi connectivity index (χ2v) is 8.79. The first-order chi connectivity index (χ1) is 15.4. The third kappa shape index (κ3) is 4.51. The van der Waals surface area contributed by atoms with Crippen LogP contribution in [0.3, 0.4) is 0 Å². The van der Waals surface area contributed by atoms with Crippen molar-refractivity contribution in [3.63, 3.8) is 0 Å². The third-order valence-electron chi connectivity index (χ3n) is 6.27. The van der Waals surface area contributed by atoms with Gasteiger partial charge in [-0.1, -0.05) is 30.7 Å². The monoisotopic (exact) mass is 456 g/mol. The highest BCUT2D eigenvalue weighted by atomic mass is 35.5. The summed E-state index contributed by atoms with van der Waals surface area (Å²) in [6, 6.07) is 11.2. The molecule has 0 radical (unpaired) electrons. The molecule has 168 valence electrons. The quantitative estimate of drug-likeness (QED) is 0.521. The molecule has 1 amide bonds. The molecule has 4 rings (SSSR count). The van der Waals surface area contributed by atoms with Crippen LogP contribution in [0.5, 0.6) is 0 Å². The zero-order chi connectivity index (χ0) is 22.8. The highest BCUT2D eigenvalue weighted by molar-refractivity contribution is 6.30. The van der Waals surface area contributed by atoms with Gasteiger partial charge in [-0.2, -0.15) is 0 Å². The molecule has 0 aliphatic heterocycles. The fourth-order valence-electron chi connectivity index (χ4n) is 4.72. The van der Waals surface area contributed by atoms with Crippen LogP contribution in [-0.2, 0) is 28.9 Å². The summed E-state index contributed by atoms with van der Waals surface area (Å²) in [5, 5.41) is 14.3. The summed E-state index contributed by atoms with van der Waals surface area (Å²) in [5.41, 5.74) is 3.66. The maximum Gasteiger partial charge on any atom is 0.326 e. The molecule has 1 aliphatic carbocycles. The van der Waals surface area contributed by atoms with Gasteiger partial charge in [-0.15, -0.1) is 0 Å². The van der Waals surface area contributed by atoms with Gasteiger partial charge >= 0.3 is 5.97 Å². The lowest BCUT2D eigenvalue weighted by Crippen LogP contribution is -2.39. The fourth-order valence-corrected chi connectivity index (χ4v) is 4.85. The maximum atomic E-state index is 14.0. The van der Waals surface area contributed by atoms with Crippen LogP contribution in [0.15, 0.2) is 42.5 Å². The molecule has 0 saturated carbocycles. The molecule has 0 fully saturated rings. The van der Waals surface area contributed by atoms with Gasteiger partial charge in [0.1, 0.15) is 11.9 Å². The molecule has 0 saturated heterocycles. The first-order valence-corrected chi connectivity index (χ1v) is 11.3. The number of fused-ring (bicyclic) bond motifs is 3. The van der Waals surface area contributed by atoms with Gasteiger partial charge in [0.25, 0.3) is 0 Å². The summed E-state index contributed by atoms with van der Waals surface area (Å²) in [4.78, 5) is 24.4. The largest absolute Gasteiger partial charge is 0.480 e. The van der Waals surface area contributed by atoms with Crippen molar-refractivity contribution in [3.05, 3.63) is 70.1 Å². The Balaban J connectivity index is 1.53. The van der Waals surface area contributed by atoms with Crippen molar-refractivity contribution in [3.8, 4) is 0 Å². The van der Waals surface area contributed by atoms with Crippen molar-refractivity contribution >= 4 is 34.4 Å². The van der Waals surface area contributed by atoms with Crippen molar-refractivity contribution in [2.45, 2.75) is 57.5 Å². The summed E-state index contributed by atoms with van der Waals surface area (Å²) in [6.07, 6.45) is 3.35. The van der Waals surface area contributed by atoms with Crippen molar-refractivity contribution in [1.82, 2.24) is 9.88 Å². The smallest absolute Gasteiger partial charge is 0.326 e. The number of rotatable bonds is 7. The average molecular weight is 457 g/mol. The summed E-state index contributed by atoms with van der Waals surface area (Å²) in [7, 11) is 0. The average Bonchev–Trinajstić information content (AvgIpc) is 3.07. The Bertz CT molecular complexity index is 1160. The molecular formula is C25H26ClFN2O3. The van der Waals surface area contributed by atoms with E-state index in [1.165, 1.54) is 12.1 Å². The van der Waals surface area contributed by atoms with Gasteiger partial charge in [0.15, 0.2) is 0 Å². The van der Waals surface area contributed by atoms with Crippen LogP contribution >= 0.6 is 11.6 Å². The highest BCUT2D eigenvalue weighted by Crippen LogP contribution is 2.36. The molecule has 2 atom stereocenters. The Kier molecular flexibility index (Phi) is 6.51. The number of aryl methyl sites for hydroxylation is 1. The summed E-state index contributed by atoms with van der Waals surface area (Å²) < 4.78 is 15.9. The zero-order valence-corrected chi connectivity index (χ0v) is 18.7. The van der Waals surface area contributed by atoms with Crippen LogP contribution in [0, 0.1) is 5.82 Å². The van der Waals surface area contributed by atoms with Gasteiger partial charge in [0.05, 0.1) is 0 Å². The number of amides is 1. The summed E-state index contributed by atoms with van der Waals surface area (Å²) in [6.45, 7) is 1.84. The Morgan fingerprint density at radius 1 is 1.25 bits per heavy atom. The van der Waals surface area contributed by atoms with Gasteiger partial charge in [-0.3, -0.25) is 4.79 Å². The number of carbonyl (C=O) groups is 2. The Morgan fingerprint density at radius 3 is 2.69 bits per heavy atom. The van der Waals surface area contributed by atoms with Crippen LogP contribution in [0.4, 0.5) is 4.39 Å². The van der Waals surface area contributed by atoms with Crippen LogP contribution in [0.25, 0.3) is 10.9 Å². The van der Waals surface area contributed by atoms with E-state index in [1.807, 2.05) is 35.8 Å². The van der Waals surface area contributed by atoms with E-state index in [9.17, 15) is 19.1 Å². The van der Waals surface area contributed by atoms with E-state index in [1.54, 1.807) is 6.07 Å². The maximum absolute atomic E-state index is 14.0. The Morgan fingerprint density at radius 2 is 2.00 bits per heavy atom. The molecule has 1 aliphatic rings. The van der Waals surface area contributed by atoms with Crippen molar-refractivity contribution < 1.29 is 19.1 Å². The minimum atomic E-state index is -0.894. The molecule has 7 heteroatoms. The number of halogens is 2. The van der Waals surface area contributed by atoms with Crippen LogP contribution < -0.4 is 5.32 Å². The molecular weight excluding hydrogens is 431 g/mol. The van der Waals surface area contributed by atoms with E-state index in [4.69, 9.17) is 11.6 Å². The fraction of sp³-hybridized carbons (Fsp3) is 0.360. The lowest BCUT2D eigenvalue weighted by molar-refractivity contribution is -0.141. The van der Waals surface area contributed by atoms with E-state index in [0.717, 1.165) is 27.7 Å². The number of hydrogen-bond acceptors (Lipinski definition) is 2. The molecule has 0 spiro atoms. The number of aliphatic carboxylic acids is 1. The minimum Gasteiger partial charge on any atom is -0.480 e. The first kappa shape index (κ1) is 22.3. The van der Waals surface area contributed by atoms with E-state index >= 15 is 0 Å². The van der Waals surface area contributed by atoms with Gasteiger partial charge in [0.2, 0.25) is 5.91 Å². The third-order valence-corrected chi connectivity index (χ3v) is 6.52. The highest BCUT2D eigenvalue weighted by Gasteiger charge is 2.30. The first-order valence-electron chi connectivity index (χ1n) is 10.9. The van der Waals surface area contributed by atoms with Gasteiger partial charge in [0, 0.05) is 34.1 Å². The van der Waals surface area contributed by atoms with Crippen LogP contribution in [0.1, 0.15) is 49.0 Å². The Labute approximate surface area is 191 Å². The minimum absolute atomic E-state index is 0.0275. The normalized spacial score (nSPS) is 16.5. The lowest BCUT2D eigenvalue weighted by Gasteiger charge is -2.26. The second-order valence-electron chi connectivity index (χ2n) is 8.35.